The first kappa shape index (κ1) is 28.0. The molecule has 2 atom stereocenters. The van der Waals surface area contributed by atoms with Crippen molar-refractivity contribution in [2.45, 2.75) is 77.6 Å². The Labute approximate surface area is 227 Å². The lowest BCUT2D eigenvalue weighted by Gasteiger charge is -2.33. The van der Waals surface area contributed by atoms with E-state index in [4.69, 9.17) is 25.8 Å². The topological polar surface area (TPSA) is 90.0 Å². The molecule has 1 aliphatic heterocycles. The van der Waals surface area contributed by atoms with Crippen LogP contribution < -0.4 is 14.8 Å². The molecule has 0 saturated heterocycles. The number of anilines is 1. The molecule has 1 aromatic heterocycles. The van der Waals surface area contributed by atoms with Gasteiger partial charge in [-0.15, -0.1) is 0 Å². The van der Waals surface area contributed by atoms with Gasteiger partial charge in [0.25, 0.3) is 5.91 Å². The van der Waals surface area contributed by atoms with Gasteiger partial charge in [-0.3, -0.25) is 9.59 Å². The molecular weight excluding hydrogens is 513 g/mol. The molecule has 1 saturated carbocycles. The minimum Gasteiger partial charge on any atom is -0.497 e. The molecule has 1 fully saturated rings. The lowest BCUT2D eigenvalue weighted by Crippen LogP contribution is -2.36. The molecular formula is C28H35ClFN3O5. The lowest BCUT2D eigenvalue weighted by atomic mass is 9.82. The number of hydrogen-bond acceptors (Lipinski definition) is 7. The van der Waals surface area contributed by atoms with Gasteiger partial charge < -0.3 is 24.4 Å². The summed E-state index contributed by atoms with van der Waals surface area (Å²) in [4.78, 5) is 31.4. The van der Waals surface area contributed by atoms with Crippen molar-refractivity contribution in [3.8, 4) is 11.5 Å². The quantitative estimate of drug-likeness (QED) is 0.332. The highest BCUT2D eigenvalue weighted by atomic mass is 35.5. The second-order valence-corrected chi connectivity index (χ2v) is 11.2. The van der Waals surface area contributed by atoms with E-state index in [2.05, 4.69) is 10.3 Å². The maximum absolute atomic E-state index is 15.8. The van der Waals surface area contributed by atoms with Crippen molar-refractivity contribution in [1.82, 2.24) is 9.88 Å². The zero-order valence-corrected chi connectivity index (χ0v) is 23.3. The molecule has 8 nitrogen and oxygen atoms in total. The van der Waals surface area contributed by atoms with Gasteiger partial charge in [-0.2, -0.15) is 0 Å². The molecule has 0 unspecified atom stereocenters. The average molecular weight is 548 g/mol. The smallest absolute Gasteiger partial charge is 0.306 e. The van der Waals surface area contributed by atoms with Crippen molar-refractivity contribution < 1.29 is 28.2 Å². The van der Waals surface area contributed by atoms with Crippen LogP contribution in [-0.4, -0.2) is 47.6 Å². The summed E-state index contributed by atoms with van der Waals surface area (Å²) >= 11 is 6.44. The van der Waals surface area contributed by atoms with Crippen LogP contribution in [0.15, 0.2) is 18.2 Å². The Hall–Kier alpha value is -3.07. The number of hydrogen-bond donors (Lipinski definition) is 1. The van der Waals surface area contributed by atoms with E-state index in [9.17, 15) is 9.59 Å². The fraction of sp³-hybridized carbons (Fsp3) is 0.536. The highest BCUT2D eigenvalue weighted by Gasteiger charge is 2.36. The van der Waals surface area contributed by atoms with Gasteiger partial charge in [0.1, 0.15) is 22.3 Å². The van der Waals surface area contributed by atoms with Crippen LogP contribution in [0.4, 0.5) is 10.2 Å². The van der Waals surface area contributed by atoms with Crippen LogP contribution in [0.1, 0.15) is 74.4 Å². The Morgan fingerprint density at radius 2 is 1.95 bits per heavy atom. The maximum Gasteiger partial charge on any atom is 0.306 e. The number of aromatic nitrogens is 1. The van der Waals surface area contributed by atoms with Crippen molar-refractivity contribution in [3.05, 3.63) is 45.9 Å². The van der Waals surface area contributed by atoms with Gasteiger partial charge >= 0.3 is 5.97 Å². The first-order valence-corrected chi connectivity index (χ1v) is 13.2. The number of esters is 1. The molecule has 1 aliphatic carbocycles. The molecule has 1 N–H and O–H groups in total. The molecule has 2 heterocycles. The number of halogens is 2. The fourth-order valence-corrected chi connectivity index (χ4v) is 5.47. The zero-order valence-electron chi connectivity index (χ0n) is 22.5. The number of benzene rings is 1. The summed E-state index contributed by atoms with van der Waals surface area (Å²) in [7, 11) is 3.10. The summed E-state index contributed by atoms with van der Waals surface area (Å²) in [6, 6.07) is 5.16. The van der Waals surface area contributed by atoms with E-state index in [0.717, 1.165) is 31.2 Å². The predicted octanol–water partition coefficient (Wildman–Crippen LogP) is 5.75. The molecule has 4 rings (SSSR count). The van der Waals surface area contributed by atoms with Crippen LogP contribution >= 0.6 is 11.6 Å². The molecule has 1 amide bonds. The number of nitrogens with one attached hydrogen (secondary N) is 1. The number of nitrogens with zero attached hydrogens (tertiary/aromatic N) is 2. The minimum absolute atomic E-state index is 0.00603. The van der Waals surface area contributed by atoms with Crippen molar-refractivity contribution in [2.24, 2.45) is 5.92 Å². The number of pyridine rings is 1. The molecule has 0 spiro atoms. The summed E-state index contributed by atoms with van der Waals surface area (Å²) in [5.41, 5.74) is 0.481. The largest absolute Gasteiger partial charge is 0.497 e. The van der Waals surface area contributed by atoms with Gasteiger partial charge in [-0.05, 0) is 51.7 Å². The number of rotatable bonds is 8. The van der Waals surface area contributed by atoms with Crippen LogP contribution in [0.2, 0.25) is 5.15 Å². The van der Waals surface area contributed by atoms with Gasteiger partial charge in [0.15, 0.2) is 11.6 Å². The van der Waals surface area contributed by atoms with Crippen molar-refractivity contribution in [3.63, 3.8) is 0 Å². The summed E-state index contributed by atoms with van der Waals surface area (Å²) < 4.78 is 32.0. The molecule has 2 aromatic rings. The highest BCUT2D eigenvalue weighted by Crippen LogP contribution is 2.37. The third-order valence-corrected chi connectivity index (χ3v) is 7.25. The zero-order chi connectivity index (χ0) is 27.6. The van der Waals surface area contributed by atoms with E-state index in [0.29, 0.717) is 11.5 Å². The van der Waals surface area contributed by atoms with Gasteiger partial charge in [0.2, 0.25) is 0 Å². The van der Waals surface area contributed by atoms with Crippen LogP contribution in [0, 0.1) is 11.7 Å². The summed E-state index contributed by atoms with van der Waals surface area (Å²) in [5, 5.41) is 3.16. The monoisotopic (exact) mass is 547 g/mol. The first-order valence-electron chi connectivity index (χ1n) is 12.9. The number of amides is 1. The Balaban J connectivity index is 1.53. The Kier molecular flexibility index (Phi) is 8.35. The summed E-state index contributed by atoms with van der Waals surface area (Å²) in [6.07, 6.45) is 3.79. The van der Waals surface area contributed by atoms with Crippen molar-refractivity contribution >= 4 is 29.3 Å². The van der Waals surface area contributed by atoms with Gasteiger partial charge in [0, 0.05) is 29.8 Å². The van der Waals surface area contributed by atoms with Gasteiger partial charge in [-0.25, -0.2) is 9.37 Å². The molecule has 206 valence electrons. The minimum atomic E-state index is -0.594. The van der Waals surface area contributed by atoms with E-state index < -0.39 is 11.4 Å². The predicted molar refractivity (Wildman–Crippen MR) is 142 cm³/mol. The van der Waals surface area contributed by atoms with E-state index in [1.54, 1.807) is 26.4 Å². The molecule has 10 heteroatoms. The van der Waals surface area contributed by atoms with Crippen LogP contribution in [0.3, 0.4) is 0 Å². The number of carbonyl (C=O) groups is 2. The van der Waals surface area contributed by atoms with E-state index in [1.165, 1.54) is 4.90 Å². The molecule has 0 bridgehead atoms. The van der Waals surface area contributed by atoms with Crippen molar-refractivity contribution in [1.29, 1.82) is 0 Å². The number of fused-ring (bicyclic) bond motifs is 1. The summed E-state index contributed by atoms with van der Waals surface area (Å²) in [5.74, 6) is -0.0764. The normalized spacial score (nSPS) is 19.2. The Morgan fingerprint density at radius 3 is 2.63 bits per heavy atom. The van der Waals surface area contributed by atoms with Crippen LogP contribution in [0.25, 0.3) is 0 Å². The second-order valence-electron chi connectivity index (χ2n) is 10.8. The third kappa shape index (κ3) is 6.14. The number of methoxy groups -OCH3 is 2. The van der Waals surface area contributed by atoms with Crippen molar-refractivity contribution in [2.75, 3.05) is 19.5 Å². The second kappa shape index (κ2) is 11.4. The SMILES string of the molecule is COc1ccc(CN2Cc3c(F)c(N[C@@H]4CCCC[C@@H]4CC(=O)OC(C)(C)C)nc(Cl)c3C2=O)c(OC)c1. The average Bonchev–Trinajstić information content (AvgIpc) is 3.19. The Bertz CT molecular complexity index is 1220. The number of carbonyl (C=O) groups excluding carboxylic acids is 2. The third-order valence-electron chi connectivity index (χ3n) is 6.98. The lowest BCUT2D eigenvalue weighted by molar-refractivity contribution is -0.156. The van der Waals surface area contributed by atoms with Crippen LogP contribution in [-0.2, 0) is 22.6 Å². The summed E-state index contributed by atoms with van der Waals surface area (Å²) in [6.45, 7) is 5.77. The van der Waals surface area contributed by atoms with Gasteiger partial charge in [-0.1, -0.05) is 24.4 Å². The maximum atomic E-state index is 15.8. The van der Waals surface area contributed by atoms with Crippen LogP contribution in [0.5, 0.6) is 11.5 Å². The van der Waals surface area contributed by atoms with E-state index in [-0.39, 0.29) is 65.4 Å². The first-order chi connectivity index (χ1) is 18.0. The highest BCUT2D eigenvalue weighted by molar-refractivity contribution is 6.33. The molecule has 2 aliphatic rings. The van der Waals surface area contributed by atoms with E-state index in [1.807, 2.05) is 26.8 Å². The molecule has 1 aromatic carbocycles. The van der Waals surface area contributed by atoms with E-state index >= 15 is 4.39 Å². The number of ether oxygens (including phenoxy) is 3. The fourth-order valence-electron chi connectivity index (χ4n) is 5.19. The molecule has 38 heavy (non-hydrogen) atoms. The molecule has 0 radical (unpaired) electrons. The van der Waals surface area contributed by atoms with Gasteiger partial charge in [0.05, 0.1) is 32.7 Å². The standard InChI is InChI=1S/C28H35ClFN3O5/c1-28(2,3)38-22(34)12-16-8-6-7-9-20(16)31-26-24(30)19-15-33(27(35)23(19)25(29)32-26)14-17-10-11-18(36-4)13-21(17)37-5/h10-11,13,16,20H,6-9,12,14-15H2,1-5H3,(H,31,32)/t16-,20-/m1/s1. The Morgan fingerprint density at radius 1 is 1.21 bits per heavy atom.